The van der Waals surface area contributed by atoms with Crippen LogP contribution in [0.5, 0.6) is 5.75 Å². The third-order valence-electron chi connectivity index (χ3n) is 9.42. The molecule has 7 rings (SSSR count). The van der Waals surface area contributed by atoms with Crippen LogP contribution in [0.2, 0.25) is 0 Å². The quantitative estimate of drug-likeness (QED) is 0.149. The number of phenolic OH excluding ortho intramolecular Hbond substituents is 1. The first-order valence-electron chi connectivity index (χ1n) is 16.0. The number of aliphatic hydroxyl groups is 1. The zero-order chi connectivity index (χ0) is 32.5. The van der Waals surface area contributed by atoms with Crippen molar-refractivity contribution in [2.24, 2.45) is 0 Å². The molecule has 2 aromatic heterocycles. The second kappa shape index (κ2) is 13.2. The first-order chi connectivity index (χ1) is 22.8. The largest absolute Gasteiger partial charge is 0.506 e. The smallest absolute Gasteiger partial charge is 0.305 e. The number of aromatic nitrogens is 2. The number of thiazole rings is 1. The van der Waals surface area contributed by atoms with E-state index in [1.165, 1.54) is 6.07 Å². The summed E-state index contributed by atoms with van der Waals surface area (Å²) in [6, 6.07) is 16.1. The minimum atomic E-state index is -0.873. The van der Waals surface area contributed by atoms with Crippen molar-refractivity contribution >= 4 is 38.4 Å². The number of phenols is 1. The number of aliphatic hydroxyl groups excluding tert-OH is 1. The van der Waals surface area contributed by atoms with E-state index in [1.807, 2.05) is 35.2 Å². The number of morpholine rings is 1. The average Bonchev–Trinajstić information content (AvgIpc) is 3.68. The van der Waals surface area contributed by atoms with Gasteiger partial charge in [-0.05, 0) is 61.2 Å². The van der Waals surface area contributed by atoms with Crippen LogP contribution in [0, 0.1) is 5.82 Å². The molecule has 10 nitrogen and oxygen atoms in total. The molecule has 2 fully saturated rings. The van der Waals surface area contributed by atoms with E-state index in [9.17, 15) is 24.2 Å². The van der Waals surface area contributed by atoms with Crippen molar-refractivity contribution in [3.8, 4) is 5.75 Å². The normalized spacial score (nSPS) is 17.5. The molecule has 2 aliphatic heterocycles. The number of fused-ring (bicyclic) bond motifs is 2. The molecular formula is C35H38FN5O5S. The molecule has 2 saturated heterocycles. The Kier molecular flexibility index (Phi) is 8.86. The molecule has 0 aliphatic carbocycles. The van der Waals surface area contributed by atoms with Crippen molar-refractivity contribution in [2.45, 2.75) is 37.5 Å². The summed E-state index contributed by atoms with van der Waals surface area (Å²) in [4.78, 5) is 35.0. The molecular weight excluding hydrogens is 621 g/mol. The molecule has 1 atom stereocenters. The predicted octanol–water partition coefficient (Wildman–Crippen LogP) is 4.29. The van der Waals surface area contributed by atoms with Gasteiger partial charge in [-0.2, -0.15) is 0 Å². The van der Waals surface area contributed by atoms with Gasteiger partial charge in [0.2, 0.25) is 0 Å². The zero-order valence-corrected chi connectivity index (χ0v) is 26.7. The van der Waals surface area contributed by atoms with E-state index in [0.29, 0.717) is 60.6 Å². The van der Waals surface area contributed by atoms with Gasteiger partial charge in [-0.15, -0.1) is 0 Å². The van der Waals surface area contributed by atoms with Crippen LogP contribution in [0.1, 0.15) is 46.0 Å². The number of hydrogen-bond acceptors (Lipinski definition) is 8. The summed E-state index contributed by atoms with van der Waals surface area (Å²) < 4.78 is 21.5. The monoisotopic (exact) mass is 659 g/mol. The second-order valence-electron chi connectivity index (χ2n) is 12.6. The number of aromatic amines is 2. The Morgan fingerprint density at radius 2 is 1.91 bits per heavy atom. The van der Waals surface area contributed by atoms with Crippen molar-refractivity contribution in [1.82, 2.24) is 25.1 Å². The lowest BCUT2D eigenvalue weighted by molar-refractivity contribution is -0.127. The Hall–Kier alpha value is -4.07. The van der Waals surface area contributed by atoms with Crippen LogP contribution in [-0.2, 0) is 17.7 Å². The second-order valence-corrected chi connectivity index (χ2v) is 13.6. The number of likely N-dealkylation sites (tertiary alicyclic amines) is 1. The SMILES string of the molecule is O=C(c1c[nH]c2ccccc12)N1CCOC2(CCN(Cc3cc(F)cc(CCNC[C@H](O)c4ccc(O)c5[nH]c(=O)sc45)c3)CC2)C1. The number of aromatic hydroxyl groups is 1. The maximum absolute atomic E-state index is 14.7. The number of rotatable bonds is 9. The molecule has 0 bridgehead atoms. The number of hydrogen-bond donors (Lipinski definition) is 5. The van der Waals surface area contributed by atoms with Crippen LogP contribution in [0.25, 0.3) is 21.1 Å². The van der Waals surface area contributed by atoms with Crippen LogP contribution < -0.4 is 10.2 Å². The zero-order valence-electron chi connectivity index (χ0n) is 25.9. The van der Waals surface area contributed by atoms with Gasteiger partial charge in [0.05, 0.1) is 35.1 Å². The van der Waals surface area contributed by atoms with Crippen LogP contribution >= 0.6 is 11.3 Å². The Morgan fingerprint density at radius 3 is 2.77 bits per heavy atom. The van der Waals surface area contributed by atoms with Crippen molar-refractivity contribution < 1.29 is 24.1 Å². The number of piperidine rings is 1. The molecule has 2 aliphatic rings. The fourth-order valence-electron chi connectivity index (χ4n) is 6.95. The van der Waals surface area contributed by atoms with Crippen molar-refractivity contribution in [1.29, 1.82) is 0 Å². The summed E-state index contributed by atoms with van der Waals surface area (Å²) in [6.07, 6.45) is 3.10. The number of ether oxygens (including phenoxy) is 1. The maximum Gasteiger partial charge on any atom is 0.305 e. The molecule has 5 N–H and O–H groups in total. The Balaban J connectivity index is 0.910. The number of nitrogens with zero attached hydrogens (tertiary/aromatic N) is 2. The highest BCUT2D eigenvalue weighted by atomic mass is 32.1. The lowest BCUT2D eigenvalue weighted by Crippen LogP contribution is -2.57. The van der Waals surface area contributed by atoms with Crippen LogP contribution in [-0.4, -0.2) is 87.4 Å². The minimum Gasteiger partial charge on any atom is -0.506 e. The summed E-state index contributed by atoms with van der Waals surface area (Å²) in [6.45, 7) is 4.63. The number of carbonyl (C=O) groups is 1. The Bertz CT molecular complexity index is 1960. The summed E-state index contributed by atoms with van der Waals surface area (Å²) in [7, 11) is 0. The molecule has 4 heterocycles. The predicted molar refractivity (Wildman–Crippen MR) is 179 cm³/mol. The standard InChI is InChI=1S/C35H38FN5O5S/c36-24-16-22(7-10-37-19-30(43)26-5-6-29(42)31-32(26)47-34(45)39-31)15-23(17-24)20-40-11-8-35(9-12-40)21-41(13-14-46-35)33(44)27-18-38-28-4-2-1-3-25(27)28/h1-6,15-18,30,37-38,42-43H,7-14,19-21H2,(H,39,45)/t30-/m0/s1. The highest BCUT2D eigenvalue weighted by molar-refractivity contribution is 7.16. The van der Waals surface area contributed by atoms with Crippen LogP contribution in [0.3, 0.4) is 0 Å². The summed E-state index contributed by atoms with van der Waals surface area (Å²) in [5.74, 6) is -0.279. The van der Waals surface area contributed by atoms with E-state index in [-0.39, 0.29) is 34.5 Å². The molecule has 0 saturated carbocycles. The number of halogens is 1. The first-order valence-corrected chi connectivity index (χ1v) is 16.8. The van der Waals surface area contributed by atoms with E-state index in [1.54, 1.807) is 24.4 Å². The molecule has 5 aromatic rings. The van der Waals surface area contributed by atoms with Gasteiger partial charge in [0.15, 0.2) is 0 Å². The van der Waals surface area contributed by atoms with E-state index in [4.69, 9.17) is 4.74 Å². The van der Waals surface area contributed by atoms with Gasteiger partial charge in [0.25, 0.3) is 5.91 Å². The van der Waals surface area contributed by atoms with Gasteiger partial charge in [-0.25, -0.2) is 4.39 Å². The Labute approximate surface area is 274 Å². The number of amides is 1. The maximum atomic E-state index is 14.7. The van der Waals surface area contributed by atoms with Gasteiger partial charge in [-0.1, -0.05) is 41.7 Å². The van der Waals surface area contributed by atoms with E-state index in [0.717, 1.165) is 59.3 Å². The molecule has 1 amide bonds. The van der Waals surface area contributed by atoms with Gasteiger partial charge >= 0.3 is 4.87 Å². The van der Waals surface area contributed by atoms with Crippen molar-refractivity contribution in [3.05, 3.63) is 98.5 Å². The fourth-order valence-corrected chi connectivity index (χ4v) is 7.87. The van der Waals surface area contributed by atoms with E-state index < -0.39 is 6.10 Å². The number of nitrogens with one attached hydrogen (secondary N) is 3. The highest BCUT2D eigenvalue weighted by Gasteiger charge is 2.41. The van der Waals surface area contributed by atoms with Crippen LogP contribution in [0.15, 0.2) is 65.6 Å². The fraction of sp³-hybridized carbons (Fsp3) is 0.371. The first kappa shape index (κ1) is 31.5. The molecule has 12 heteroatoms. The number of H-pyrrole nitrogens is 2. The summed E-state index contributed by atoms with van der Waals surface area (Å²) in [5, 5.41) is 24.9. The number of carbonyl (C=O) groups excluding carboxylic acids is 1. The Morgan fingerprint density at radius 1 is 1.11 bits per heavy atom. The lowest BCUT2D eigenvalue weighted by Gasteiger charge is -2.47. The molecule has 246 valence electrons. The van der Waals surface area contributed by atoms with Gasteiger partial charge in [0, 0.05) is 55.4 Å². The van der Waals surface area contributed by atoms with E-state index in [2.05, 4.69) is 20.2 Å². The minimum absolute atomic E-state index is 0.0282. The lowest BCUT2D eigenvalue weighted by atomic mass is 9.88. The van der Waals surface area contributed by atoms with Gasteiger partial charge < -0.3 is 35.1 Å². The average molecular weight is 660 g/mol. The van der Waals surface area contributed by atoms with Gasteiger partial charge in [0.1, 0.15) is 17.1 Å². The third kappa shape index (κ3) is 6.69. The summed E-state index contributed by atoms with van der Waals surface area (Å²) in [5.41, 5.74) is 3.95. The van der Waals surface area contributed by atoms with Crippen molar-refractivity contribution in [3.63, 3.8) is 0 Å². The number of benzene rings is 3. The molecule has 3 aromatic carbocycles. The molecule has 0 unspecified atom stereocenters. The topological polar surface area (TPSA) is 134 Å². The van der Waals surface area contributed by atoms with E-state index >= 15 is 0 Å². The molecule has 47 heavy (non-hydrogen) atoms. The van der Waals surface area contributed by atoms with Gasteiger partial charge in [-0.3, -0.25) is 14.5 Å². The molecule has 1 spiro atoms. The van der Waals surface area contributed by atoms with Crippen LogP contribution in [0.4, 0.5) is 4.39 Å². The molecule has 0 radical (unpaired) electrons. The van der Waals surface area contributed by atoms with Crippen molar-refractivity contribution in [2.75, 3.05) is 45.9 Å². The number of para-hydroxylation sites is 1. The highest BCUT2D eigenvalue weighted by Crippen LogP contribution is 2.33. The third-order valence-corrected chi connectivity index (χ3v) is 10.4. The summed E-state index contributed by atoms with van der Waals surface area (Å²) >= 11 is 0.954.